The lowest BCUT2D eigenvalue weighted by Gasteiger charge is -2.22. The standard InChI is InChI=1S/C22H23N5O2/c1-29-21-16(13-26-11-10-24-20(26)15-6-8-23-9-7-15)12-18-19(25-21)14-27(22(18)28)17-4-2-3-5-17/h6-12,17H,2-5,13-14H2,1H3. The Bertz CT molecular complexity index is 1040. The summed E-state index contributed by atoms with van der Waals surface area (Å²) >= 11 is 0. The van der Waals surface area contributed by atoms with Crippen molar-refractivity contribution >= 4 is 5.91 Å². The Kier molecular flexibility index (Phi) is 4.50. The second kappa shape index (κ2) is 7.31. The first-order chi connectivity index (χ1) is 14.2. The number of amides is 1. The quantitative estimate of drug-likeness (QED) is 0.669. The number of carbonyl (C=O) groups excluding carboxylic acids is 1. The van der Waals surface area contributed by atoms with Crippen molar-refractivity contribution in [3.05, 3.63) is 59.8 Å². The molecule has 0 radical (unpaired) electrons. The molecule has 148 valence electrons. The average molecular weight is 389 g/mol. The maximum absolute atomic E-state index is 13.0. The van der Waals surface area contributed by atoms with Gasteiger partial charge in [-0.05, 0) is 31.0 Å². The van der Waals surface area contributed by atoms with E-state index in [4.69, 9.17) is 9.72 Å². The molecule has 7 nitrogen and oxygen atoms in total. The maximum atomic E-state index is 13.0. The normalized spacial score (nSPS) is 16.4. The molecule has 3 aromatic heterocycles. The van der Waals surface area contributed by atoms with Gasteiger partial charge in [0.2, 0.25) is 5.88 Å². The second-order valence-electron chi connectivity index (χ2n) is 7.64. The van der Waals surface area contributed by atoms with E-state index in [1.165, 1.54) is 12.8 Å². The summed E-state index contributed by atoms with van der Waals surface area (Å²) in [5.74, 6) is 1.51. The van der Waals surface area contributed by atoms with Gasteiger partial charge < -0.3 is 14.2 Å². The fourth-order valence-corrected chi connectivity index (χ4v) is 4.45. The number of aromatic nitrogens is 4. The first-order valence-corrected chi connectivity index (χ1v) is 10.0. The van der Waals surface area contributed by atoms with Gasteiger partial charge in [0.15, 0.2) is 0 Å². The number of methoxy groups -OCH3 is 1. The summed E-state index contributed by atoms with van der Waals surface area (Å²) in [6.45, 7) is 1.11. The van der Waals surface area contributed by atoms with Gasteiger partial charge in [-0.2, -0.15) is 0 Å². The topological polar surface area (TPSA) is 73.1 Å². The van der Waals surface area contributed by atoms with E-state index in [2.05, 4.69) is 9.97 Å². The van der Waals surface area contributed by atoms with Crippen LogP contribution in [0.3, 0.4) is 0 Å². The first kappa shape index (κ1) is 17.8. The Balaban J connectivity index is 1.47. The van der Waals surface area contributed by atoms with Gasteiger partial charge in [0.25, 0.3) is 5.91 Å². The van der Waals surface area contributed by atoms with E-state index in [0.29, 0.717) is 30.6 Å². The maximum Gasteiger partial charge on any atom is 0.256 e. The number of rotatable bonds is 5. The molecule has 0 aromatic carbocycles. The van der Waals surface area contributed by atoms with Gasteiger partial charge >= 0.3 is 0 Å². The number of fused-ring (bicyclic) bond motifs is 1. The fourth-order valence-electron chi connectivity index (χ4n) is 4.45. The lowest BCUT2D eigenvalue weighted by Crippen LogP contribution is -2.33. The highest BCUT2D eigenvalue weighted by Crippen LogP contribution is 2.33. The fraction of sp³-hybridized carbons (Fsp3) is 0.364. The molecule has 7 heteroatoms. The molecule has 1 amide bonds. The van der Waals surface area contributed by atoms with Crippen LogP contribution in [0.25, 0.3) is 11.4 Å². The lowest BCUT2D eigenvalue weighted by molar-refractivity contribution is 0.0706. The summed E-state index contributed by atoms with van der Waals surface area (Å²) in [5, 5.41) is 0. The number of ether oxygens (including phenoxy) is 1. The number of carbonyl (C=O) groups is 1. The smallest absolute Gasteiger partial charge is 0.256 e. The van der Waals surface area contributed by atoms with Crippen LogP contribution in [0, 0.1) is 0 Å². The van der Waals surface area contributed by atoms with Gasteiger partial charge in [-0.25, -0.2) is 9.97 Å². The van der Waals surface area contributed by atoms with Crippen LogP contribution in [-0.4, -0.2) is 43.5 Å². The van der Waals surface area contributed by atoms with Gasteiger partial charge in [-0.15, -0.1) is 0 Å². The molecular formula is C22H23N5O2. The van der Waals surface area contributed by atoms with Crippen molar-refractivity contribution in [1.29, 1.82) is 0 Å². The van der Waals surface area contributed by atoms with Crippen LogP contribution in [0.5, 0.6) is 5.88 Å². The van der Waals surface area contributed by atoms with E-state index in [0.717, 1.165) is 35.5 Å². The molecule has 1 aliphatic heterocycles. The summed E-state index contributed by atoms with van der Waals surface area (Å²) < 4.78 is 7.61. The predicted molar refractivity (Wildman–Crippen MR) is 107 cm³/mol. The van der Waals surface area contributed by atoms with Crippen molar-refractivity contribution < 1.29 is 9.53 Å². The van der Waals surface area contributed by atoms with Crippen molar-refractivity contribution in [2.45, 2.75) is 44.8 Å². The van der Waals surface area contributed by atoms with Crippen molar-refractivity contribution in [3.63, 3.8) is 0 Å². The molecule has 2 aliphatic rings. The summed E-state index contributed by atoms with van der Waals surface area (Å²) in [6, 6.07) is 6.16. The van der Waals surface area contributed by atoms with Crippen LogP contribution >= 0.6 is 0 Å². The molecule has 1 aliphatic carbocycles. The molecular weight excluding hydrogens is 366 g/mol. The van der Waals surface area contributed by atoms with E-state index < -0.39 is 0 Å². The van der Waals surface area contributed by atoms with E-state index in [9.17, 15) is 4.79 Å². The largest absolute Gasteiger partial charge is 0.481 e. The molecule has 3 aromatic rings. The third kappa shape index (κ3) is 3.16. The molecule has 0 saturated heterocycles. The van der Waals surface area contributed by atoms with Crippen molar-refractivity contribution in [3.8, 4) is 17.3 Å². The number of nitrogens with zero attached hydrogens (tertiary/aromatic N) is 5. The molecule has 4 heterocycles. The highest BCUT2D eigenvalue weighted by Gasteiger charge is 2.36. The van der Waals surface area contributed by atoms with Gasteiger partial charge in [0.1, 0.15) is 5.82 Å². The number of hydrogen-bond donors (Lipinski definition) is 0. The van der Waals surface area contributed by atoms with Crippen molar-refractivity contribution in [2.75, 3.05) is 7.11 Å². The molecule has 1 saturated carbocycles. The number of hydrogen-bond acceptors (Lipinski definition) is 5. The zero-order valence-corrected chi connectivity index (χ0v) is 16.4. The van der Waals surface area contributed by atoms with E-state index in [-0.39, 0.29) is 5.91 Å². The highest BCUT2D eigenvalue weighted by molar-refractivity contribution is 5.98. The SMILES string of the molecule is COc1nc2c(cc1Cn1ccnc1-c1ccncc1)C(=O)N(C1CCCC1)C2. The molecule has 0 spiro atoms. The lowest BCUT2D eigenvalue weighted by atomic mass is 10.1. The van der Waals surface area contributed by atoms with Gasteiger partial charge in [-0.1, -0.05) is 12.8 Å². The van der Waals surface area contributed by atoms with Crippen molar-refractivity contribution in [2.24, 2.45) is 0 Å². The van der Waals surface area contributed by atoms with Crippen LogP contribution in [0.1, 0.15) is 47.3 Å². The predicted octanol–water partition coefficient (Wildman–Crippen LogP) is 3.30. The number of pyridine rings is 2. The van der Waals surface area contributed by atoms with Crippen LogP contribution < -0.4 is 4.74 Å². The molecule has 29 heavy (non-hydrogen) atoms. The van der Waals surface area contributed by atoms with Crippen LogP contribution in [0.4, 0.5) is 0 Å². The minimum Gasteiger partial charge on any atom is -0.481 e. The second-order valence-corrected chi connectivity index (χ2v) is 7.64. The number of imidazole rings is 1. The van der Waals surface area contributed by atoms with Crippen LogP contribution in [0.2, 0.25) is 0 Å². The van der Waals surface area contributed by atoms with E-state index >= 15 is 0 Å². The Morgan fingerprint density at radius 3 is 2.72 bits per heavy atom. The Hall–Kier alpha value is -3.22. The summed E-state index contributed by atoms with van der Waals surface area (Å²) in [5.41, 5.74) is 3.39. The Morgan fingerprint density at radius 1 is 1.17 bits per heavy atom. The van der Waals surface area contributed by atoms with Gasteiger partial charge in [0.05, 0.1) is 31.5 Å². The zero-order valence-electron chi connectivity index (χ0n) is 16.4. The molecule has 0 unspecified atom stereocenters. The zero-order chi connectivity index (χ0) is 19.8. The molecule has 0 atom stereocenters. The highest BCUT2D eigenvalue weighted by atomic mass is 16.5. The molecule has 0 N–H and O–H groups in total. The molecule has 5 rings (SSSR count). The minimum absolute atomic E-state index is 0.100. The van der Waals surface area contributed by atoms with Gasteiger partial charge in [0, 0.05) is 42.0 Å². The first-order valence-electron chi connectivity index (χ1n) is 10.0. The summed E-state index contributed by atoms with van der Waals surface area (Å²) in [4.78, 5) is 28.3. The van der Waals surface area contributed by atoms with Crippen LogP contribution in [0.15, 0.2) is 43.0 Å². The van der Waals surface area contributed by atoms with Crippen LogP contribution in [-0.2, 0) is 13.1 Å². The van der Waals surface area contributed by atoms with E-state index in [1.807, 2.05) is 33.9 Å². The third-order valence-corrected chi connectivity index (χ3v) is 5.91. The Labute approximate surface area is 169 Å². The summed E-state index contributed by atoms with van der Waals surface area (Å²) in [6.07, 6.45) is 11.8. The monoisotopic (exact) mass is 389 g/mol. The third-order valence-electron chi connectivity index (χ3n) is 5.91. The minimum atomic E-state index is 0.100. The van der Waals surface area contributed by atoms with E-state index in [1.54, 1.807) is 25.7 Å². The Morgan fingerprint density at radius 2 is 1.97 bits per heavy atom. The molecule has 1 fully saturated rings. The van der Waals surface area contributed by atoms with Gasteiger partial charge in [-0.3, -0.25) is 9.78 Å². The van der Waals surface area contributed by atoms with Crippen molar-refractivity contribution in [1.82, 2.24) is 24.4 Å². The molecule has 0 bridgehead atoms. The average Bonchev–Trinajstić information content (AvgIpc) is 3.49. The summed E-state index contributed by atoms with van der Waals surface area (Å²) in [7, 11) is 1.63.